The van der Waals surface area contributed by atoms with Gasteiger partial charge in [-0.15, -0.1) is 11.3 Å². The summed E-state index contributed by atoms with van der Waals surface area (Å²) in [6.07, 6.45) is 2.29. The van der Waals surface area contributed by atoms with E-state index in [2.05, 4.69) is 11.4 Å². The minimum atomic E-state index is -0.167. The summed E-state index contributed by atoms with van der Waals surface area (Å²) in [5.74, 6) is 0.571. The maximum Gasteiger partial charge on any atom is 0.255 e. The molecule has 0 radical (unpaired) electrons. The van der Waals surface area contributed by atoms with Gasteiger partial charge in [0.05, 0.1) is 22.0 Å². The van der Waals surface area contributed by atoms with Gasteiger partial charge in [0.15, 0.2) is 0 Å². The number of rotatable bonds is 6. The van der Waals surface area contributed by atoms with Crippen LogP contribution in [-0.4, -0.2) is 30.2 Å². The molecule has 0 bridgehead atoms. The molecule has 4 aromatic rings. The number of aromatic nitrogens is 1. The van der Waals surface area contributed by atoms with Crippen molar-refractivity contribution in [1.82, 2.24) is 4.98 Å². The zero-order valence-corrected chi connectivity index (χ0v) is 17.7. The zero-order valence-electron chi connectivity index (χ0n) is 16.9. The molecule has 3 aromatic carbocycles. The van der Waals surface area contributed by atoms with Crippen LogP contribution in [0.5, 0.6) is 5.75 Å². The fourth-order valence-electron chi connectivity index (χ4n) is 3.63. The van der Waals surface area contributed by atoms with Gasteiger partial charge in [0.25, 0.3) is 5.91 Å². The van der Waals surface area contributed by atoms with E-state index in [-0.39, 0.29) is 12.0 Å². The first kappa shape index (κ1) is 19.7. The van der Waals surface area contributed by atoms with Crippen molar-refractivity contribution in [2.75, 3.05) is 18.5 Å². The molecule has 0 aliphatic carbocycles. The van der Waals surface area contributed by atoms with Gasteiger partial charge in [-0.2, -0.15) is 0 Å². The third-order valence-electron chi connectivity index (χ3n) is 5.28. The maximum atomic E-state index is 12.9. The van der Waals surface area contributed by atoms with E-state index in [0.717, 1.165) is 51.7 Å². The second kappa shape index (κ2) is 8.88. The molecule has 1 amide bonds. The molecule has 1 aliphatic heterocycles. The van der Waals surface area contributed by atoms with Crippen LogP contribution in [-0.2, 0) is 4.74 Å². The van der Waals surface area contributed by atoms with E-state index in [1.54, 1.807) is 23.5 Å². The first-order valence-electron chi connectivity index (χ1n) is 10.4. The van der Waals surface area contributed by atoms with Gasteiger partial charge in [-0.3, -0.25) is 4.79 Å². The first-order valence-corrected chi connectivity index (χ1v) is 11.2. The predicted octanol–water partition coefficient (Wildman–Crippen LogP) is 5.77. The minimum absolute atomic E-state index is 0.167. The van der Waals surface area contributed by atoms with Gasteiger partial charge in [0.2, 0.25) is 0 Å². The topological polar surface area (TPSA) is 60.5 Å². The largest absolute Gasteiger partial charge is 0.491 e. The second-order valence-electron chi connectivity index (χ2n) is 7.46. The van der Waals surface area contributed by atoms with Crippen LogP contribution in [0.25, 0.3) is 20.8 Å². The van der Waals surface area contributed by atoms with Crippen LogP contribution in [0.15, 0.2) is 72.8 Å². The Balaban J connectivity index is 1.30. The van der Waals surface area contributed by atoms with E-state index < -0.39 is 0 Å². The summed E-state index contributed by atoms with van der Waals surface area (Å²) in [7, 11) is 0. The molecule has 1 saturated heterocycles. The van der Waals surface area contributed by atoms with E-state index in [1.807, 2.05) is 54.6 Å². The lowest BCUT2D eigenvalue weighted by Gasteiger charge is -2.12. The number of nitrogens with one attached hydrogen (secondary N) is 1. The Bertz CT molecular complexity index is 1160. The van der Waals surface area contributed by atoms with Gasteiger partial charge in [0.1, 0.15) is 17.4 Å². The lowest BCUT2D eigenvalue weighted by Crippen LogP contribution is -2.16. The molecule has 1 aromatic heterocycles. The Hall–Kier alpha value is -3.22. The molecule has 5 nitrogen and oxygen atoms in total. The van der Waals surface area contributed by atoms with Crippen molar-refractivity contribution in [2.45, 2.75) is 18.9 Å². The molecule has 31 heavy (non-hydrogen) atoms. The molecule has 2 heterocycles. The highest BCUT2D eigenvalue weighted by molar-refractivity contribution is 7.21. The number of carbonyl (C=O) groups excluding carboxylic acids is 1. The number of hydrogen-bond acceptors (Lipinski definition) is 5. The van der Waals surface area contributed by atoms with Crippen molar-refractivity contribution in [3.63, 3.8) is 0 Å². The molecule has 0 saturated carbocycles. The summed E-state index contributed by atoms with van der Waals surface area (Å²) in [5.41, 5.74) is 3.18. The summed E-state index contributed by atoms with van der Waals surface area (Å²) >= 11 is 1.62. The number of hydrogen-bond donors (Lipinski definition) is 1. The molecule has 6 heteroatoms. The van der Waals surface area contributed by atoms with Crippen LogP contribution >= 0.6 is 11.3 Å². The molecular formula is C25H22N2O3S. The summed E-state index contributed by atoms with van der Waals surface area (Å²) in [6, 6.07) is 23.0. The number of nitrogens with zero attached hydrogens (tertiary/aromatic N) is 1. The van der Waals surface area contributed by atoms with Gasteiger partial charge in [-0.05, 0) is 61.4 Å². The fraction of sp³-hybridized carbons (Fsp3) is 0.200. The molecule has 1 unspecified atom stereocenters. The Morgan fingerprint density at radius 1 is 1.06 bits per heavy atom. The van der Waals surface area contributed by atoms with E-state index >= 15 is 0 Å². The van der Waals surface area contributed by atoms with E-state index in [4.69, 9.17) is 14.5 Å². The first-order chi connectivity index (χ1) is 15.3. The predicted molar refractivity (Wildman–Crippen MR) is 124 cm³/mol. The van der Waals surface area contributed by atoms with Crippen molar-refractivity contribution >= 4 is 33.1 Å². The Morgan fingerprint density at radius 2 is 1.87 bits per heavy atom. The molecule has 156 valence electrons. The number of anilines is 1. The minimum Gasteiger partial charge on any atom is -0.491 e. The highest BCUT2D eigenvalue weighted by Crippen LogP contribution is 2.34. The van der Waals surface area contributed by atoms with Gasteiger partial charge in [-0.25, -0.2) is 4.98 Å². The molecule has 1 atom stereocenters. The lowest BCUT2D eigenvalue weighted by molar-refractivity contribution is 0.0679. The monoisotopic (exact) mass is 430 g/mol. The Labute approximate surface area is 184 Å². The SMILES string of the molecule is O=C(Nc1ccccc1-c1nc2ccccc2s1)c1ccc(OCC2CCCO2)cc1. The van der Waals surface area contributed by atoms with Gasteiger partial charge in [-0.1, -0.05) is 24.3 Å². The number of amides is 1. The van der Waals surface area contributed by atoms with Crippen LogP contribution in [0, 0.1) is 0 Å². The zero-order chi connectivity index (χ0) is 21.0. The van der Waals surface area contributed by atoms with Crippen molar-refractivity contribution in [3.05, 3.63) is 78.4 Å². The maximum absolute atomic E-state index is 12.9. The van der Waals surface area contributed by atoms with Gasteiger partial charge < -0.3 is 14.8 Å². The van der Waals surface area contributed by atoms with Gasteiger partial charge >= 0.3 is 0 Å². The van der Waals surface area contributed by atoms with Crippen molar-refractivity contribution in [3.8, 4) is 16.3 Å². The highest BCUT2D eigenvalue weighted by Gasteiger charge is 2.16. The van der Waals surface area contributed by atoms with Crippen molar-refractivity contribution in [1.29, 1.82) is 0 Å². The number of para-hydroxylation sites is 2. The van der Waals surface area contributed by atoms with Crippen LogP contribution in [0.2, 0.25) is 0 Å². The third-order valence-corrected chi connectivity index (χ3v) is 6.35. The quantitative estimate of drug-likeness (QED) is 0.422. The third kappa shape index (κ3) is 4.45. The molecular weight excluding hydrogens is 408 g/mol. The molecule has 0 spiro atoms. The van der Waals surface area contributed by atoms with Crippen LogP contribution in [0.1, 0.15) is 23.2 Å². The number of thiazole rings is 1. The van der Waals surface area contributed by atoms with Crippen LogP contribution < -0.4 is 10.1 Å². The summed E-state index contributed by atoms with van der Waals surface area (Å²) in [6.45, 7) is 1.35. The highest BCUT2D eigenvalue weighted by atomic mass is 32.1. The summed E-state index contributed by atoms with van der Waals surface area (Å²) < 4.78 is 12.5. The number of benzene rings is 3. The van der Waals surface area contributed by atoms with E-state index in [9.17, 15) is 4.79 Å². The normalized spacial score (nSPS) is 15.8. The average molecular weight is 431 g/mol. The van der Waals surface area contributed by atoms with E-state index in [0.29, 0.717) is 12.2 Å². The van der Waals surface area contributed by atoms with Crippen molar-refractivity contribution in [2.24, 2.45) is 0 Å². The molecule has 5 rings (SSSR count). The molecule has 1 fully saturated rings. The lowest BCUT2D eigenvalue weighted by atomic mass is 10.1. The second-order valence-corrected chi connectivity index (χ2v) is 8.49. The summed E-state index contributed by atoms with van der Waals surface area (Å²) in [5, 5.41) is 3.92. The number of fused-ring (bicyclic) bond motifs is 1. The molecule has 1 N–H and O–H groups in total. The molecule has 1 aliphatic rings. The Morgan fingerprint density at radius 3 is 2.68 bits per heavy atom. The van der Waals surface area contributed by atoms with E-state index in [1.165, 1.54) is 0 Å². The fourth-order valence-corrected chi connectivity index (χ4v) is 4.63. The standard InChI is InChI=1S/C25H22N2O3S/c28-24(17-11-13-18(14-12-17)30-16-19-6-5-15-29-19)26-21-8-2-1-7-20(21)25-27-22-9-3-4-10-23(22)31-25/h1-4,7-14,19H,5-6,15-16H2,(H,26,28). The van der Waals surface area contributed by atoms with Crippen molar-refractivity contribution < 1.29 is 14.3 Å². The number of ether oxygens (including phenoxy) is 2. The summed E-state index contributed by atoms with van der Waals surface area (Å²) in [4.78, 5) is 17.6. The Kier molecular flexibility index (Phi) is 5.65. The smallest absolute Gasteiger partial charge is 0.255 e. The average Bonchev–Trinajstić information content (AvgIpc) is 3.48. The number of carbonyl (C=O) groups is 1. The van der Waals surface area contributed by atoms with Gasteiger partial charge in [0, 0.05) is 17.7 Å². The van der Waals surface area contributed by atoms with Crippen LogP contribution in [0.4, 0.5) is 5.69 Å². The van der Waals surface area contributed by atoms with Crippen LogP contribution in [0.3, 0.4) is 0 Å².